The van der Waals surface area contributed by atoms with Crippen LogP contribution in [0.15, 0.2) is 46.9 Å². The van der Waals surface area contributed by atoms with Gasteiger partial charge in [0.2, 0.25) is 0 Å². The number of nitrogens with zero attached hydrogens (tertiary/aromatic N) is 1. The number of rotatable bonds is 10. The maximum atomic E-state index is 12.8. The zero-order chi connectivity index (χ0) is 24.4. The van der Waals surface area contributed by atoms with Crippen molar-refractivity contribution in [2.24, 2.45) is 5.92 Å². The molecule has 0 aliphatic rings. The minimum atomic E-state index is -0.340. The second-order valence-electron chi connectivity index (χ2n) is 8.13. The fourth-order valence-electron chi connectivity index (χ4n) is 3.12. The molecule has 0 radical (unpaired) electrons. The predicted octanol–water partition coefficient (Wildman–Crippen LogP) is 5.87. The summed E-state index contributed by atoms with van der Waals surface area (Å²) >= 11 is 8.76. The van der Waals surface area contributed by atoms with E-state index in [1.807, 2.05) is 4.90 Å². The maximum absolute atomic E-state index is 12.8. The molecule has 2 rings (SSSR count). The normalized spacial score (nSPS) is 10.6. The largest absolute Gasteiger partial charge is 0.492 e. The minimum Gasteiger partial charge on any atom is -0.492 e. The quantitative estimate of drug-likeness (QED) is 0.373. The second kappa shape index (κ2) is 13.3. The van der Waals surface area contributed by atoms with E-state index in [4.69, 9.17) is 17.0 Å². The van der Waals surface area contributed by atoms with E-state index < -0.39 is 0 Å². The number of nitrogens with one attached hydrogen (secondary N) is 2. The van der Waals surface area contributed by atoms with Gasteiger partial charge >= 0.3 is 0 Å². The van der Waals surface area contributed by atoms with Crippen LogP contribution in [0.5, 0.6) is 5.75 Å². The molecule has 2 amide bonds. The number of anilines is 1. The first-order chi connectivity index (χ1) is 15.7. The van der Waals surface area contributed by atoms with Crippen LogP contribution < -0.4 is 15.4 Å². The van der Waals surface area contributed by atoms with Gasteiger partial charge < -0.3 is 15.0 Å². The molecule has 0 spiro atoms. The van der Waals surface area contributed by atoms with Crippen LogP contribution in [0.1, 0.15) is 61.3 Å². The van der Waals surface area contributed by atoms with Gasteiger partial charge in [-0.3, -0.25) is 14.9 Å². The van der Waals surface area contributed by atoms with Gasteiger partial charge in [-0.1, -0.05) is 33.8 Å². The number of halogens is 1. The lowest BCUT2D eigenvalue weighted by molar-refractivity contribution is 0.0755. The van der Waals surface area contributed by atoms with E-state index in [9.17, 15) is 9.59 Å². The molecule has 2 N–H and O–H groups in total. The molecule has 0 bridgehead atoms. The van der Waals surface area contributed by atoms with E-state index in [0.29, 0.717) is 39.6 Å². The fraction of sp³-hybridized carbons (Fsp3) is 0.400. The molecule has 0 aliphatic carbocycles. The molecular weight excluding hydrogens is 502 g/mol. The van der Waals surface area contributed by atoms with E-state index in [-0.39, 0.29) is 16.9 Å². The standard InChI is InChI=1S/C25H32BrN3O3S/c1-5-12-29(13-6-2)24(31)19-8-7-9-20(14-19)27-25(33)28-23(30)18-10-11-22(21(26)15-18)32-16-17(3)4/h7-11,14-15,17H,5-6,12-13,16H2,1-4H3,(H2,27,28,30,33). The molecule has 0 atom stereocenters. The minimum absolute atomic E-state index is 0.0121. The monoisotopic (exact) mass is 533 g/mol. The average Bonchev–Trinajstić information content (AvgIpc) is 2.77. The molecule has 0 unspecified atom stereocenters. The van der Waals surface area contributed by atoms with Crippen LogP contribution in [0, 0.1) is 5.92 Å². The molecule has 0 saturated carbocycles. The first-order valence-electron chi connectivity index (χ1n) is 11.2. The summed E-state index contributed by atoms with van der Waals surface area (Å²) in [6, 6.07) is 12.3. The molecule has 33 heavy (non-hydrogen) atoms. The van der Waals surface area contributed by atoms with Gasteiger partial charge in [-0.05, 0) is 83.3 Å². The molecule has 2 aromatic rings. The van der Waals surface area contributed by atoms with Crippen LogP contribution in [-0.2, 0) is 0 Å². The summed E-state index contributed by atoms with van der Waals surface area (Å²) < 4.78 is 6.42. The third-order valence-electron chi connectivity index (χ3n) is 4.63. The molecule has 0 saturated heterocycles. The van der Waals surface area contributed by atoms with E-state index in [1.165, 1.54) is 0 Å². The topological polar surface area (TPSA) is 70.7 Å². The highest BCUT2D eigenvalue weighted by Gasteiger charge is 2.15. The van der Waals surface area contributed by atoms with Crippen molar-refractivity contribution in [3.05, 3.63) is 58.1 Å². The smallest absolute Gasteiger partial charge is 0.257 e. The van der Waals surface area contributed by atoms with E-state index in [2.05, 4.69) is 54.3 Å². The number of thiocarbonyl (C=S) groups is 1. The number of hydrogen-bond acceptors (Lipinski definition) is 4. The highest BCUT2D eigenvalue weighted by molar-refractivity contribution is 9.10. The van der Waals surface area contributed by atoms with Gasteiger partial charge in [0.05, 0.1) is 11.1 Å². The average molecular weight is 535 g/mol. The number of benzene rings is 2. The van der Waals surface area contributed by atoms with E-state index >= 15 is 0 Å². The van der Waals surface area contributed by atoms with Crippen molar-refractivity contribution in [2.75, 3.05) is 25.0 Å². The molecule has 0 aromatic heterocycles. The first kappa shape index (κ1) is 26.8. The van der Waals surface area contributed by atoms with Crippen molar-refractivity contribution < 1.29 is 14.3 Å². The molecule has 0 aliphatic heterocycles. The number of carbonyl (C=O) groups is 2. The van der Waals surface area contributed by atoms with Crippen LogP contribution in [0.25, 0.3) is 0 Å². The summed E-state index contributed by atoms with van der Waals surface area (Å²) in [5, 5.41) is 5.82. The second-order valence-corrected chi connectivity index (χ2v) is 9.39. The summed E-state index contributed by atoms with van der Waals surface area (Å²) in [6.45, 7) is 10.3. The Hall–Kier alpha value is -2.45. The lowest BCUT2D eigenvalue weighted by atomic mass is 10.1. The Balaban J connectivity index is 2.01. The zero-order valence-corrected chi connectivity index (χ0v) is 22.0. The Bertz CT molecular complexity index is 975. The van der Waals surface area contributed by atoms with Gasteiger partial charge in [0.15, 0.2) is 5.11 Å². The molecule has 2 aromatic carbocycles. The van der Waals surface area contributed by atoms with Crippen LogP contribution in [0.2, 0.25) is 0 Å². The van der Waals surface area contributed by atoms with Crippen LogP contribution in [-0.4, -0.2) is 41.5 Å². The van der Waals surface area contributed by atoms with Gasteiger partial charge in [-0.2, -0.15) is 0 Å². The van der Waals surface area contributed by atoms with Crippen molar-refractivity contribution in [1.82, 2.24) is 10.2 Å². The molecule has 178 valence electrons. The van der Waals surface area contributed by atoms with E-state index in [1.54, 1.807) is 42.5 Å². The Labute approximate surface area is 210 Å². The number of amides is 2. The van der Waals surface area contributed by atoms with Crippen molar-refractivity contribution in [1.29, 1.82) is 0 Å². The highest BCUT2D eigenvalue weighted by Crippen LogP contribution is 2.26. The Kier molecular flexibility index (Phi) is 10.8. The van der Waals surface area contributed by atoms with Crippen LogP contribution in [0.4, 0.5) is 5.69 Å². The van der Waals surface area contributed by atoms with Gasteiger partial charge in [-0.25, -0.2) is 0 Å². The summed E-state index contributed by atoms with van der Waals surface area (Å²) in [6.07, 6.45) is 1.81. The van der Waals surface area contributed by atoms with Gasteiger partial charge in [-0.15, -0.1) is 0 Å². The van der Waals surface area contributed by atoms with Crippen molar-refractivity contribution in [2.45, 2.75) is 40.5 Å². The number of ether oxygens (including phenoxy) is 1. The van der Waals surface area contributed by atoms with Crippen molar-refractivity contribution in [3.63, 3.8) is 0 Å². The Morgan fingerprint density at radius 1 is 1.06 bits per heavy atom. The SMILES string of the molecule is CCCN(CCC)C(=O)c1cccc(NC(=S)NC(=O)c2ccc(OCC(C)C)c(Br)c2)c1. The third-order valence-corrected chi connectivity index (χ3v) is 5.46. The number of carbonyl (C=O) groups excluding carboxylic acids is 2. The maximum Gasteiger partial charge on any atom is 0.257 e. The van der Waals surface area contributed by atoms with Crippen molar-refractivity contribution >= 4 is 50.8 Å². The molecule has 8 heteroatoms. The summed E-state index contributed by atoms with van der Waals surface area (Å²) in [5.74, 6) is 0.732. The van der Waals surface area contributed by atoms with Crippen LogP contribution in [0.3, 0.4) is 0 Å². The fourth-order valence-corrected chi connectivity index (χ4v) is 3.82. The predicted molar refractivity (Wildman–Crippen MR) is 141 cm³/mol. The lowest BCUT2D eigenvalue weighted by Gasteiger charge is -2.21. The van der Waals surface area contributed by atoms with Gasteiger partial charge in [0, 0.05) is 29.9 Å². The molecule has 0 fully saturated rings. The highest BCUT2D eigenvalue weighted by atomic mass is 79.9. The first-order valence-corrected chi connectivity index (χ1v) is 12.4. The molecule has 0 heterocycles. The summed E-state index contributed by atoms with van der Waals surface area (Å²) in [7, 11) is 0. The van der Waals surface area contributed by atoms with E-state index in [0.717, 1.165) is 25.9 Å². The van der Waals surface area contributed by atoms with Gasteiger partial charge in [0.25, 0.3) is 11.8 Å². The lowest BCUT2D eigenvalue weighted by Crippen LogP contribution is -2.34. The summed E-state index contributed by atoms with van der Waals surface area (Å²) in [4.78, 5) is 27.3. The Morgan fingerprint density at radius 3 is 2.36 bits per heavy atom. The third kappa shape index (κ3) is 8.44. The van der Waals surface area contributed by atoms with Crippen molar-refractivity contribution in [3.8, 4) is 5.75 Å². The summed E-state index contributed by atoms with van der Waals surface area (Å²) in [5.41, 5.74) is 1.66. The molecular formula is C25H32BrN3O3S. The van der Waals surface area contributed by atoms with Crippen LogP contribution >= 0.6 is 28.1 Å². The number of hydrogen-bond donors (Lipinski definition) is 2. The Morgan fingerprint density at radius 2 is 1.76 bits per heavy atom. The van der Waals surface area contributed by atoms with Gasteiger partial charge in [0.1, 0.15) is 5.75 Å². The zero-order valence-electron chi connectivity index (χ0n) is 19.6. The molecule has 6 nitrogen and oxygen atoms in total.